The average Bonchev–Trinajstić information content (AvgIpc) is 3.39. The van der Waals surface area contributed by atoms with Crippen molar-refractivity contribution in [3.63, 3.8) is 0 Å². The lowest BCUT2D eigenvalue weighted by Gasteiger charge is -2.36. The zero-order chi connectivity index (χ0) is 17.3. The second-order valence-corrected chi connectivity index (χ2v) is 6.78. The molecule has 0 bridgehead atoms. The summed E-state index contributed by atoms with van der Waals surface area (Å²) in [5, 5.41) is 15.4. The molecule has 1 aliphatic carbocycles. The Hall–Kier alpha value is -1.86. The van der Waals surface area contributed by atoms with Gasteiger partial charge in [-0.05, 0) is 30.9 Å². The third-order valence-electron chi connectivity index (χ3n) is 4.56. The van der Waals surface area contributed by atoms with Crippen molar-refractivity contribution in [1.29, 1.82) is 0 Å². The highest BCUT2D eigenvalue weighted by Gasteiger charge is 2.38. The topological polar surface area (TPSA) is 74.5 Å². The normalized spacial score (nSPS) is 20.2. The smallest absolute Gasteiger partial charge is 0.299 e. The van der Waals surface area contributed by atoms with Gasteiger partial charge in [0.05, 0.1) is 24.2 Å². The molecule has 2 aliphatic rings. The quantitative estimate of drug-likeness (QED) is 0.482. The van der Waals surface area contributed by atoms with E-state index in [4.69, 9.17) is 11.6 Å². The van der Waals surface area contributed by atoms with Crippen LogP contribution in [0.2, 0.25) is 5.15 Å². The molecular weight excluding hydrogens is 330 g/mol. The molecule has 0 amide bonds. The summed E-state index contributed by atoms with van der Waals surface area (Å²) < 4.78 is 0. The number of aromatic nitrogens is 1. The molecule has 0 radical (unpaired) electrons. The van der Waals surface area contributed by atoms with Gasteiger partial charge >= 0.3 is 0 Å². The van der Waals surface area contributed by atoms with E-state index in [9.17, 15) is 10.1 Å². The van der Waals surface area contributed by atoms with Crippen LogP contribution in [0.15, 0.2) is 29.8 Å². The highest BCUT2D eigenvalue weighted by Crippen LogP contribution is 2.31. The van der Waals surface area contributed by atoms with Crippen LogP contribution < -0.4 is 5.32 Å². The first kappa shape index (κ1) is 17.0. The van der Waals surface area contributed by atoms with Crippen LogP contribution in [0.4, 0.5) is 0 Å². The Balaban J connectivity index is 1.84. The van der Waals surface area contributed by atoms with Gasteiger partial charge in [0, 0.05) is 19.3 Å². The lowest BCUT2D eigenvalue weighted by atomic mass is 10.1. The van der Waals surface area contributed by atoms with E-state index >= 15 is 0 Å². The molecule has 2 heterocycles. The molecule has 1 atom stereocenters. The number of hydrogen-bond donors (Lipinski definition) is 1. The van der Waals surface area contributed by atoms with Gasteiger partial charge in [-0.2, -0.15) is 0 Å². The molecule has 7 nitrogen and oxygen atoms in total. The summed E-state index contributed by atoms with van der Waals surface area (Å²) in [5.41, 5.74) is 1.20. The van der Waals surface area contributed by atoms with Gasteiger partial charge < -0.3 is 10.2 Å². The fourth-order valence-corrected chi connectivity index (χ4v) is 3.19. The van der Waals surface area contributed by atoms with Crippen molar-refractivity contribution in [1.82, 2.24) is 20.1 Å². The van der Waals surface area contributed by atoms with Crippen LogP contribution >= 0.6 is 11.6 Å². The summed E-state index contributed by atoms with van der Waals surface area (Å²) in [6, 6.07) is 4.09. The van der Waals surface area contributed by atoms with Crippen molar-refractivity contribution < 1.29 is 4.92 Å². The number of hydrogen-bond acceptors (Lipinski definition) is 6. The van der Waals surface area contributed by atoms with Crippen molar-refractivity contribution in [2.45, 2.75) is 38.3 Å². The largest absolute Gasteiger partial charge is 0.359 e. The van der Waals surface area contributed by atoms with E-state index in [1.54, 1.807) is 12.3 Å². The first-order valence-electron chi connectivity index (χ1n) is 8.20. The molecule has 0 aromatic carbocycles. The molecule has 0 spiro atoms. The van der Waals surface area contributed by atoms with Crippen LogP contribution in [0.5, 0.6) is 0 Å². The first-order valence-corrected chi connectivity index (χ1v) is 8.58. The number of rotatable bonds is 6. The Morgan fingerprint density at radius 3 is 2.79 bits per heavy atom. The zero-order valence-electron chi connectivity index (χ0n) is 13.9. The Bertz CT molecular complexity index is 644. The average molecular weight is 352 g/mol. The van der Waals surface area contributed by atoms with Crippen molar-refractivity contribution in [2.24, 2.45) is 0 Å². The van der Waals surface area contributed by atoms with E-state index in [2.05, 4.69) is 15.2 Å². The minimum atomic E-state index is -0.264. The van der Waals surface area contributed by atoms with Crippen LogP contribution in [0, 0.1) is 10.1 Å². The molecule has 3 rings (SSSR count). The van der Waals surface area contributed by atoms with Crippen LogP contribution in [0.3, 0.4) is 0 Å². The SMILES string of the molecule is CCC(NC1=C([N+](=O)[O-])CN(C2CC2)CN1C)c1ccc(Cl)nc1. The number of pyridine rings is 1. The summed E-state index contributed by atoms with van der Waals surface area (Å²) in [7, 11) is 1.90. The van der Waals surface area contributed by atoms with Gasteiger partial charge in [0.15, 0.2) is 5.82 Å². The van der Waals surface area contributed by atoms with Crippen LogP contribution in [0.1, 0.15) is 37.8 Å². The maximum Gasteiger partial charge on any atom is 0.299 e. The van der Waals surface area contributed by atoms with Gasteiger partial charge in [-0.15, -0.1) is 0 Å². The van der Waals surface area contributed by atoms with E-state index in [1.165, 1.54) is 0 Å². The molecule has 1 N–H and O–H groups in total. The number of nitrogens with one attached hydrogen (secondary N) is 1. The summed E-state index contributed by atoms with van der Waals surface area (Å²) in [6.07, 6.45) is 4.78. The lowest BCUT2D eigenvalue weighted by Crippen LogP contribution is -2.48. The van der Waals surface area contributed by atoms with E-state index < -0.39 is 0 Å². The van der Waals surface area contributed by atoms with Crippen molar-refractivity contribution in [2.75, 3.05) is 20.3 Å². The minimum Gasteiger partial charge on any atom is -0.359 e. The standard InChI is InChI=1S/C16H22ClN5O2/c1-3-13(11-4-7-15(17)18-8-11)19-16-14(22(23)24)9-21(10-20(16)2)12-5-6-12/h4,7-8,12-13,19H,3,5-6,9-10H2,1-2H3. The molecular formula is C16H22ClN5O2. The minimum absolute atomic E-state index is 0.0466. The fourth-order valence-electron chi connectivity index (χ4n) is 3.08. The van der Waals surface area contributed by atoms with E-state index in [0.29, 0.717) is 30.2 Å². The third kappa shape index (κ3) is 3.62. The zero-order valence-corrected chi connectivity index (χ0v) is 14.7. The predicted octanol–water partition coefficient (Wildman–Crippen LogP) is 2.59. The molecule has 0 saturated heterocycles. The molecule has 8 heteroatoms. The summed E-state index contributed by atoms with van der Waals surface area (Å²) in [5.74, 6) is 0.596. The lowest BCUT2D eigenvalue weighted by molar-refractivity contribution is -0.432. The highest BCUT2D eigenvalue weighted by molar-refractivity contribution is 6.29. The maximum atomic E-state index is 11.6. The van der Waals surface area contributed by atoms with Gasteiger partial charge in [0.1, 0.15) is 5.15 Å². The number of halogens is 1. The third-order valence-corrected chi connectivity index (χ3v) is 4.78. The molecule has 1 unspecified atom stereocenters. The van der Waals surface area contributed by atoms with Gasteiger partial charge in [0.25, 0.3) is 5.70 Å². The van der Waals surface area contributed by atoms with Crippen molar-refractivity contribution in [3.05, 3.63) is 50.7 Å². The van der Waals surface area contributed by atoms with Crippen molar-refractivity contribution >= 4 is 11.6 Å². The van der Waals surface area contributed by atoms with Crippen LogP contribution in [0.25, 0.3) is 0 Å². The molecule has 1 aromatic rings. The molecule has 1 aromatic heterocycles. The van der Waals surface area contributed by atoms with E-state index in [-0.39, 0.29) is 16.7 Å². The van der Waals surface area contributed by atoms with E-state index in [0.717, 1.165) is 24.8 Å². The van der Waals surface area contributed by atoms with Crippen molar-refractivity contribution in [3.8, 4) is 0 Å². The highest BCUT2D eigenvalue weighted by atomic mass is 35.5. The number of nitro groups is 1. The molecule has 130 valence electrons. The molecule has 1 aliphatic heterocycles. The second kappa shape index (κ2) is 6.94. The van der Waals surface area contributed by atoms with Gasteiger partial charge in [-0.1, -0.05) is 24.6 Å². The molecule has 1 fully saturated rings. The monoisotopic (exact) mass is 351 g/mol. The van der Waals surface area contributed by atoms with Crippen LogP contribution in [-0.2, 0) is 0 Å². The summed E-state index contributed by atoms with van der Waals surface area (Å²) in [6.45, 7) is 3.14. The van der Waals surface area contributed by atoms with Gasteiger partial charge in [-0.3, -0.25) is 15.0 Å². The predicted molar refractivity (Wildman–Crippen MR) is 91.8 cm³/mol. The Labute approximate surface area is 146 Å². The first-order chi connectivity index (χ1) is 11.5. The second-order valence-electron chi connectivity index (χ2n) is 6.39. The number of nitrogens with zero attached hydrogens (tertiary/aromatic N) is 4. The summed E-state index contributed by atoms with van der Waals surface area (Å²) >= 11 is 5.85. The Morgan fingerprint density at radius 2 is 2.25 bits per heavy atom. The van der Waals surface area contributed by atoms with Gasteiger partial charge in [-0.25, -0.2) is 4.98 Å². The van der Waals surface area contributed by atoms with E-state index in [1.807, 2.05) is 24.9 Å². The Kier molecular flexibility index (Phi) is 4.91. The molecule has 24 heavy (non-hydrogen) atoms. The van der Waals surface area contributed by atoms with Gasteiger partial charge in [0.2, 0.25) is 0 Å². The maximum absolute atomic E-state index is 11.6. The Morgan fingerprint density at radius 1 is 1.50 bits per heavy atom. The van der Waals surface area contributed by atoms with Crippen LogP contribution in [-0.4, -0.2) is 46.0 Å². The summed E-state index contributed by atoms with van der Waals surface area (Å²) in [4.78, 5) is 19.5. The molecule has 1 saturated carbocycles. The fraction of sp³-hybridized carbons (Fsp3) is 0.562.